The van der Waals surface area contributed by atoms with E-state index in [1.165, 1.54) is 11.8 Å². The number of aryl methyl sites for hydroxylation is 2. The molecule has 0 aliphatic heterocycles. The molecule has 21 heavy (non-hydrogen) atoms. The highest BCUT2D eigenvalue weighted by Gasteiger charge is 2.19. The molecule has 6 nitrogen and oxygen atoms in total. The van der Waals surface area contributed by atoms with Crippen LogP contribution in [0.15, 0.2) is 17.6 Å². The molecule has 7 heteroatoms. The molecule has 0 saturated heterocycles. The van der Waals surface area contributed by atoms with Crippen molar-refractivity contribution < 1.29 is 4.79 Å². The summed E-state index contributed by atoms with van der Waals surface area (Å²) in [5.74, 6) is -0.183. The monoisotopic (exact) mass is 305 g/mol. The van der Waals surface area contributed by atoms with Crippen LogP contribution in [0.2, 0.25) is 0 Å². The summed E-state index contributed by atoms with van der Waals surface area (Å²) >= 11 is 1.44. The molecule has 0 bridgehead atoms. The number of rotatable bonds is 4. The lowest BCUT2D eigenvalue weighted by atomic mass is 10.1. The zero-order valence-electron chi connectivity index (χ0n) is 12.8. The fourth-order valence-electron chi connectivity index (χ4n) is 2.31. The molecule has 1 N–H and O–H groups in total. The molecular weight excluding hydrogens is 286 g/mol. The molecule has 2 aromatic rings. The Bertz CT molecular complexity index is 650. The largest absolute Gasteiger partial charge is 0.345 e. The smallest absolute Gasteiger partial charge is 0.254 e. The molecule has 2 rings (SSSR count). The summed E-state index contributed by atoms with van der Waals surface area (Å²) in [5, 5.41) is 7.99. The Hall–Kier alpha value is -1.89. The zero-order chi connectivity index (χ0) is 15.6. The van der Waals surface area contributed by atoms with E-state index in [1.54, 1.807) is 12.4 Å². The van der Waals surface area contributed by atoms with Crippen LogP contribution >= 0.6 is 11.8 Å². The van der Waals surface area contributed by atoms with Gasteiger partial charge in [0, 0.05) is 30.7 Å². The third-order valence-corrected chi connectivity index (χ3v) is 3.99. The first-order valence-corrected chi connectivity index (χ1v) is 7.83. The summed E-state index contributed by atoms with van der Waals surface area (Å²) in [6.45, 7) is 5.89. The molecule has 2 aromatic heterocycles. The van der Waals surface area contributed by atoms with Gasteiger partial charge in [0.05, 0.1) is 17.3 Å². The molecule has 0 spiro atoms. The summed E-state index contributed by atoms with van der Waals surface area (Å²) in [5.41, 5.74) is 3.48. The number of carbonyl (C=O) groups is 1. The minimum atomic E-state index is -0.183. The van der Waals surface area contributed by atoms with Gasteiger partial charge in [-0.25, -0.2) is 9.97 Å². The topological polar surface area (TPSA) is 72.7 Å². The van der Waals surface area contributed by atoms with Gasteiger partial charge in [0.2, 0.25) is 0 Å². The molecule has 0 unspecified atom stereocenters. The third kappa shape index (κ3) is 3.24. The third-order valence-electron chi connectivity index (χ3n) is 3.42. The predicted octanol–water partition coefficient (Wildman–Crippen LogP) is 2.04. The van der Waals surface area contributed by atoms with E-state index in [0.29, 0.717) is 10.7 Å². The summed E-state index contributed by atoms with van der Waals surface area (Å²) in [6, 6.07) is -0.119. The van der Waals surface area contributed by atoms with Crippen molar-refractivity contribution in [2.24, 2.45) is 7.05 Å². The van der Waals surface area contributed by atoms with Crippen LogP contribution in [0.1, 0.15) is 40.3 Å². The minimum Gasteiger partial charge on any atom is -0.345 e. The van der Waals surface area contributed by atoms with Crippen molar-refractivity contribution in [3.63, 3.8) is 0 Å². The van der Waals surface area contributed by atoms with Gasteiger partial charge in [-0.15, -0.1) is 0 Å². The van der Waals surface area contributed by atoms with E-state index in [4.69, 9.17) is 0 Å². The summed E-state index contributed by atoms with van der Waals surface area (Å²) < 4.78 is 1.82. The fraction of sp³-hybridized carbons (Fsp3) is 0.429. The molecule has 0 aliphatic rings. The quantitative estimate of drug-likeness (QED) is 0.691. The van der Waals surface area contributed by atoms with Crippen LogP contribution in [0, 0.1) is 13.8 Å². The number of carbonyl (C=O) groups excluding carboxylic acids is 1. The molecule has 112 valence electrons. The first-order valence-electron chi connectivity index (χ1n) is 6.61. The number of aromatic nitrogens is 4. The molecule has 1 atom stereocenters. The van der Waals surface area contributed by atoms with Gasteiger partial charge in [-0.1, -0.05) is 11.8 Å². The maximum Gasteiger partial charge on any atom is 0.254 e. The van der Waals surface area contributed by atoms with E-state index in [-0.39, 0.29) is 11.9 Å². The zero-order valence-corrected chi connectivity index (χ0v) is 13.7. The molecule has 0 fully saturated rings. The molecule has 0 radical (unpaired) electrons. The Morgan fingerprint density at radius 1 is 1.33 bits per heavy atom. The van der Waals surface area contributed by atoms with Crippen molar-refractivity contribution in [2.75, 3.05) is 6.26 Å². The highest BCUT2D eigenvalue weighted by Crippen LogP contribution is 2.21. The summed E-state index contributed by atoms with van der Waals surface area (Å²) in [7, 11) is 1.90. The Morgan fingerprint density at radius 3 is 2.43 bits per heavy atom. The van der Waals surface area contributed by atoms with E-state index in [1.807, 2.05) is 38.8 Å². The van der Waals surface area contributed by atoms with Crippen molar-refractivity contribution in [1.82, 2.24) is 25.1 Å². The molecular formula is C14H19N5OS. The van der Waals surface area contributed by atoms with Gasteiger partial charge >= 0.3 is 0 Å². The normalized spacial score (nSPS) is 12.2. The highest BCUT2D eigenvalue weighted by atomic mass is 32.2. The number of hydrogen-bond donors (Lipinski definition) is 1. The second-order valence-electron chi connectivity index (χ2n) is 4.86. The Balaban J connectivity index is 2.14. The SMILES string of the molecule is CSc1ncc(C(=O)N[C@H](C)c2c(C)nn(C)c2C)cn1. The number of nitrogens with zero attached hydrogens (tertiary/aromatic N) is 4. The van der Waals surface area contributed by atoms with Crippen molar-refractivity contribution >= 4 is 17.7 Å². The van der Waals surface area contributed by atoms with Crippen LogP contribution in [0.4, 0.5) is 0 Å². The molecule has 0 saturated carbocycles. The van der Waals surface area contributed by atoms with Crippen LogP contribution in [0.25, 0.3) is 0 Å². The standard InChI is InChI=1S/C14H19N5OS/c1-8(12-9(2)18-19(4)10(12)3)17-13(20)11-6-15-14(21-5)16-7-11/h6-8H,1-5H3,(H,17,20)/t8-/m1/s1. The first-order chi connectivity index (χ1) is 9.93. The average Bonchev–Trinajstić information content (AvgIpc) is 2.72. The fourth-order valence-corrected chi connectivity index (χ4v) is 2.62. The maximum absolute atomic E-state index is 12.2. The van der Waals surface area contributed by atoms with Crippen molar-refractivity contribution in [1.29, 1.82) is 0 Å². The van der Waals surface area contributed by atoms with Gasteiger partial charge in [0.1, 0.15) is 0 Å². The van der Waals surface area contributed by atoms with Crippen molar-refractivity contribution in [3.05, 3.63) is 34.9 Å². The van der Waals surface area contributed by atoms with Crippen molar-refractivity contribution in [3.8, 4) is 0 Å². The number of hydrogen-bond acceptors (Lipinski definition) is 5. The van der Waals surface area contributed by atoms with Gasteiger partial charge in [-0.2, -0.15) is 5.10 Å². The number of nitrogens with one attached hydrogen (secondary N) is 1. The van der Waals surface area contributed by atoms with Gasteiger partial charge in [0.25, 0.3) is 5.91 Å². The van der Waals surface area contributed by atoms with Gasteiger partial charge < -0.3 is 5.32 Å². The highest BCUT2D eigenvalue weighted by molar-refractivity contribution is 7.98. The lowest BCUT2D eigenvalue weighted by molar-refractivity contribution is 0.0939. The second kappa shape index (κ2) is 6.26. The van der Waals surface area contributed by atoms with Crippen molar-refractivity contribution in [2.45, 2.75) is 32.0 Å². The van der Waals surface area contributed by atoms with E-state index >= 15 is 0 Å². The van der Waals surface area contributed by atoms with E-state index in [2.05, 4.69) is 20.4 Å². The van der Waals surface area contributed by atoms with E-state index < -0.39 is 0 Å². The van der Waals surface area contributed by atoms with Gasteiger partial charge in [-0.05, 0) is 27.0 Å². The number of thioether (sulfide) groups is 1. The molecule has 0 aromatic carbocycles. The Labute approximate surface area is 128 Å². The van der Waals surface area contributed by atoms with Crippen LogP contribution in [0.5, 0.6) is 0 Å². The second-order valence-corrected chi connectivity index (χ2v) is 5.64. The van der Waals surface area contributed by atoms with Gasteiger partial charge in [0.15, 0.2) is 5.16 Å². The van der Waals surface area contributed by atoms with Crippen LogP contribution in [0.3, 0.4) is 0 Å². The predicted molar refractivity (Wildman–Crippen MR) is 82.4 cm³/mol. The Morgan fingerprint density at radius 2 is 1.95 bits per heavy atom. The Kier molecular flexibility index (Phi) is 4.62. The van der Waals surface area contributed by atoms with Crippen LogP contribution < -0.4 is 5.32 Å². The minimum absolute atomic E-state index is 0.119. The first kappa shape index (κ1) is 15.5. The molecule has 1 amide bonds. The average molecular weight is 305 g/mol. The van der Waals surface area contributed by atoms with E-state index in [0.717, 1.165) is 17.0 Å². The molecule has 0 aliphatic carbocycles. The summed E-state index contributed by atoms with van der Waals surface area (Å²) in [4.78, 5) is 20.5. The van der Waals surface area contributed by atoms with Gasteiger partial charge in [-0.3, -0.25) is 9.48 Å². The van der Waals surface area contributed by atoms with E-state index in [9.17, 15) is 4.79 Å². The maximum atomic E-state index is 12.2. The van der Waals surface area contributed by atoms with Crippen LogP contribution in [-0.4, -0.2) is 31.9 Å². The lowest BCUT2D eigenvalue weighted by Gasteiger charge is -2.14. The number of amides is 1. The molecule has 2 heterocycles. The lowest BCUT2D eigenvalue weighted by Crippen LogP contribution is -2.27. The summed E-state index contributed by atoms with van der Waals surface area (Å²) in [6.07, 6.45) is 4.98. The van der Waals surface area contributed by atoms with Crippen LogP contribution in [-0.2, 0) is 7.05 Å².